The zero-order valence-electron chi connectivity index (χ0n) is 16.2. The molecule has 29 heavy (non-hydrogen) atoms. The number of hydrogen-bond acceptors (Lipinski definition) is 6. The van der Waals surface area contributed by atoms with Crippen LogP contribution in [0.15, 0.2) is 54.7 Å². The molecule has 0 spiro atoms. The van der Waals surface area contributed by atoms with Crippen LogP contribution < -0.4 is 5.32 Å². The minimum absolute atomic E-state index is 0.124. The van der Waals surface area contributed by atoms with E-state index in [1.807, 2.05) is 66.1 Å². The molecule has 0 aliphatic carbocycles. The first-order valence-corrected chi connectivity index (χ1v) is 11.5. The smallest absolute Gasteiger partial charge is 0.263 e. The van der Waals surface area contributed by atoms with Gasteiger partial charge in [0.2, 0.25) is 0 Å². The molecule has 1 amide bonds. The van der Waals surface area contributed by atoms with Crippen LogP contribution in [-0.2, 0) is 0 Å². The minimum atomic E-state index is -0.228. The van der Waals surface area contributed by atoms with Crippen molar-refractivity contribution in [2.75, 3.05) is 12.0 Å². The zero-order valence-corrected chi connectivity index (χ0v) is 17.8. The van der Waals surface area contributed by atoms with E-state index in [0.717, 1.165) is 39.9 Å². The van der Waals surface area contributed by atoms with Crippen molar-refractivity contribution < 1.29 is 4.79 Å². The van der Waals surface area contributed by atoms with Gasteiger partial charge in [-0.15, -0.1) is 21.5 Å². The van der Waals surface area contributed by atoms with Gasteiger partial charge in [0.05, 0.1) is 11.7 Å². The van der Waals surface area contributed by atoms with Gasteiger partial charge in [0.15, 0.2) is 11.5 Å². The van der Waals surface area contributed by atoms with Gasteiger partial charge in [0, 0.05) is 11.8 Å². The fraction of sp³-hybridized carbons (Fsp3) is 0.238. The number of carbonyl (C=O) groups is 1. The second kappa shape index (κ2) is 8.75. The standard InChI is InChI=1S/C21H21N5OS2/c1-14-18(29-21(22-14)15-8-4-3-5-9-15)20(27)23-16(11-13-28-2)19-25-24-17-10-6-7-12-26(17)19/h3-10,12,16H,11,13H2,1-2H3,(H,23,27). The van der Waals surface area contributed by atoms with Crippen molar-refractivity contribution in [3.63, 3.8) is 0 Å². The summed E-state index contributed by atoms with van der Waals surface area (Å²) >= 11 is 3.16. The molecular formula is C21H21N5OS2. The lowest BCUT2D eigenvalue weighted by atomic mass is 10.2. The Morgan fingerprint density at radius 3 is 2.76 bits per heavy atom. The number of benzene rings is 1. The Labute approximate surface area is 177 Å². The van der Waals surface area contributed by atoms with Crippen LogP contribution in [0.1, 0.15) is 33.7 Å². The third-order valence-corrected chi connectivity index (χ3v) is 6.44. The van der Waals surface area contributed by atoms with E-state index in [1.165, 1.54) is 11.3 Å². The summed E-state index contributed by atoms with van der Waals surface area (Å²) in [5.41, 5.74) is 2.52. The van der Waals surface area contributed by atoms with E-state index in [9.17, 15) is 4.79 Å². The number of nitrogens with one attached hydrogen (secondary N) is 1. The molecule has 0 bridgehead atoms. The lowest BCUT2D eigenvalue weighted by Gasteiger charge is -2.16. The van der Waals surface area contributed by atoms with Crippen LogP contribution in [0.5, 0.6) is 0 Å². The monoisotopic (exact) mass is 423 g/mol. The first kappa shape index (κ1) is 19.6. The summed E-state index contributed by atoms with van der Waals surface area (Å²) in [5, 5.41) is 12.6. The van der Waals surface area contributed by atoms with Crippen LogP contribution >= 0.6 is 23.1 Å². The van der Waals surface area contributed by atoms with Crippen LogP contribution in [0.4, 0.5) is 0 Å². The van der Waals surface area contributed by atoms with Crippen LogP contribution in [0.3, 0.4) is 0 Å². The molecule has 1 N–H and O–H groups in total. The number of pyridine rings is 1. The molecule has 4 aromatic rings. The Balaban J connectivity index is 1.61. The highest BCUT2D eigenvalue weighted by atomic mass is 32.2. The molecule has 4 rings (SSSR count). The summed E-state index contributed by atoms with van der Waals surface area (Å²) in [4.78, 5) is 18.3. The molecule has 0 saturated carbocycles. The Kier molecular flexibility index (Phi) is 5.92. The van der Waals surface area contributed by atoms with Crippen molar-refractivity contribution in [3.05, 3.63) is 71.1 Å². The van der Waals surface area contributed by atoms with Crippen LogP contribution in [-0.4, -0.2) is 37.5 Å². The van der Waals surface area contributed by atoms with Gasteiger partial charge in [-0.25, -0.2) is 4.98 Å². The maximum atomic E-state index is 13.1. The normalized spacial score (nSPS) is 12.2. The molecule has 0 aliphatic heterocycles. The summed E-state index contributed by atoms with van der Waals surface area (Å²) < 4.78 is 1.93. The number of nitrogens with zero attached hydrogens (tertiary/aromatic N) is 4. The molecule has 8 heteroatoms. The van der Waals surface area contributed by atoms with Gasteiger partial charge in [-0.1, -0.05) is 36.4 Å². The Morgan fingerprint density at radius 2 is 1.97 bits per heavy atom. The van der Waals surface area contributed by atoms with Crippen LogP contribution in [0, 0.1) is 6.92 Å². The van der Waals surface area contributed by atoms with Gasteiger partial charge in [-0.3, -0.25) is 9.20 Å². The van der Waals surface area contributed by atoms with E-state index in [1.54, 1.807) is 11.8 Å². The maximum absolute atomic E-state index is 13.1. The number of aryl methyl sites for hydroxylation is 1. The van der Waals surface area contributed by atoms with Crippen LogP contribution in [0.2, 0.25) is 0 Å². The maximum Gasteiger partial charge on any atom is 0.263 e. The molecule has 1 aromatic carbocycles. The van der Waals surface area contributed by atoms with Gasteiger partial charge < -0.3 is 5.32 Å². The molecular weight excluding hydrogens is 402 g/mol. The lowest BCUT2D eigenvalue weighted by Crippen LogP contribution is -2.30. The number of thioether (sulfide) groups is 1. The highest BCUT2D eigenvalue weighted by Gasteiger charge is 2.23. The Hall–Kier alpha value is -2.71. The van der Waals surface area contributed by atoms with E-state index in [0.29, 0.717) is 4.88 Å². The van der Waals surface area contributed by atoms with Crippen molar-refractivity contribution in [2.24, 2.45) is 0 Å². The summed E-state index contributed by atoms with van der Waals surface area (Å²) in [5.74, 6) is 1.53. The van der Waals surface area contributed by atoms with E-state index >= 15 is 0 Å². The number of amides is 1. The second-order valence-electron chi connectivity index (χ2n) is 6.59. The summed E-state index contributed by atoms with van der Waals surface area (Å²) in [6.45, 7) is 1.88. The number of carbonyl (C=O) groups excluding carboxylic acids is 1. The minimum Gasteiger partial charge on any atom is -0.341 e. The number of aromatic nitrogens is 4. The largest absolute Gasteiger partial charge is 0.341 e. The molecule has 0 fully saturated rings. The van der Waals surface area contributed by atoms with Gasteiger partial charge >= 0.3 is 0 Å². The first-order valence-electron chi connectivity index (χ1n) is 9.29. The van der Waals surface area contributed by atoms with E-state index in [4.69, 9.17) is 0 Å². The number of fused-ring (bicyclic) bond motifs is 1. The van der Waals surface area contributed by atoms with Crippen LogP contribution in [0.25, 0.3) is 16.2 Å². The van der Waals surface area contributed by atoms with Gasteiger partial charge in [0.25, 0.3) is 5.91 Å². The Morgan fingerprint density at radius 1 is 1.17 bits per heavy atom. The predicted octanol–water partition coefficient (Wildman–Crippen LogP) is 4.39. The number of rotatable bonds is 7. The number of thiazole rings is 1. The van der Waals surface area contributed by atoms with Crippen molar-refractivity contribution in [3.8, 4) is 10.6 Å². The topological polar surface area (TPSA) is 72.2 Å². The third kappa shape index (κ3) is 4.18. The van der Waals surface area contributed by atoms with Crippen molar-refractivity contribution >= 4 is 34.7 Å². The highest BCUT2D eigenvalue weighted by molar-refractivity contribution is 7.98. The SMILES string of the molecule is CSCCC(NC(=O)c1sc(-c2ccccc2)nc1C)c1nnc2ccccn12. The van der Waals surface area contributed by atoms with E-state index < -0.39 is 0 Å². The predicted molar refractivity (Wildman–Crippen MR) is 118 cm³/mol. The van der Waals surface area contributed by atoms with Gasteiger partial charge in [-0.2, -0.15) is 11.8 Å². The Bertz CT molecular complexity index is 1120. The quantitative estimate of drug-likeness (QED) is 0.477. The molecule has 6 nitrogen and oxygen atoms in total. The molecule has 3 heterocycles. The van der Waals surface area contributed by atoms with Crippen molar-refractivity contribution in [1.82, 2.24) is 24.9 Å². The van der Waals surface area contributed by atoms with Gasteiger partial charge in [0.1, 0.15) is 9.88 Å². The molecule has 148 valence electrons. The lowest BCUT2D eigenvalue weighted by molar-refractivity contribution is 0.0937. The van der Waals surface area contributed by atoms with E-state index in [-0.39, 0.29) is 11.9 Å². The molecule has 3 aromatic heterocycles. The number of hydrogen-bond donors (Lipinski definition) is 1. The van der Waals surface area contributed by atoms with Crippen molar-refractivity contribution in [1.29, 1.82) is 0 Å². The molecule has 1 unspecified atom stereocenters. The average Bonchev–Trinajstić information content (AvgIpc) is 3.35. The zero-order chi connectivity index (χ0) is 20.2. The molecule has 0 radical (unpaired) electrons. The average molecular weight is 424 g/mol. The summed E-state index contributed by atoms with van der Waals surface area (Å²) in [6, 6.07) is 15.5. The summed E-state index contributed by atoms with van der Waals surface area (Å²) in [6.07, 6.45) is 4.75. The highest BCUT2D eigenvalue weighted by Crippen LogP contribution is 2.28. The van der Waals surface area contributed by atoms with Crippen molar-refractivity contribution in [2.45, 2.75) is 19.4 Å². The molecule has 0 saturated heterocycles. The third-order valence-electron chi connectivity index (χ3n) is 4.59. The molecule has 0 aliphatic rings. The fourth-order valence-corrected chi connectivity index (χ4v) is 4.58. The molecule has 1 atom stereocenters. The first-order chi connectivity index (χ1) is 14.2. The van der Waals surface area contributed by atoms with E-state index in [2.05, 4.69) is 26.8 Å². The summed E-state index contributed by atoms with van der Waals surface area (Å²) in [7, 11) is 0. The second-order valence-corrected chi connectivity index (χ2v) is 8.58. The fourth-order valence-electron chi connectivity index (χ4n) is 3.13. The van der Waals surface area contributed by atoms with Gasteiger partial charge in [-0.05, 0) is 37.5 Å².